The molecule has 2 bridgehead atoms. The fourth-order valence-corrected chi connectivity index (χ4v) is 4.17. The van der Waals surface area contributed by atoms with Crippen molar-refractivity contribution in [2.45, 2.75) is 44.2 Å². The third-order valence-electron chi connectivity index (χ3n) is 3.25. The van der Waals surface area contributed by atoms with Crippen LogP contribution in [0.4, 0.5) is 0 Å². The van der Waals surface area contributed by atoms with E-state index in [9.17, 15) is 8.42 Å². The van der Waals surface area contributed by atoms with Gasteiger partial charge in [0.15, 0.2) is 0 Å². The molecule has 0 aromatic rings. The Hall–Kier alpha value is 0.200. The second-order valence-corrected chi connectivity index (χ2v) is 7.36. The predicted octanol–water partition coefficient (Wildman–Crippen LogP) is 1.48. The largest absolute Gasteiger partial charge is 0.311 e. The Morgan fingerprint density at radius 1 is 1.21 bits per heavy atom. The number of fused-ring (bicyclic) bond motifs is 2. The third kappa shape index (κ3) is 2.84. The van der Waals surface area contributed by atoms with Crippen LogP contribution in [0.3, 0.4) is 0 Å². The summed E-state index contributed by atoms with van der Waals surface area (Å²) in [5, 5.41) is 3.53. The maximum atomic E-state index is 11.0. The zero-order valence-corrected chi connectivity index (χ0v) is 9.65. The summed E-state index contributed by atoms with van der Waals surface area (Å²) in [4.78, 5) is 0. The smallest absolute Gasteiger partial charge is 0.232 e. The van der Waals surface area contributed by atoms with Crippen LogP contribution in [0, 0.1) is 5.92 Å². The highest BCUT2D eigenvalue weighted by molar-refractivity contribution is 8.13. The Bertz CT molecular complexity index is 292. The molecule has 0 saturated carbocycles. The second-order valence-electron chi connectivity index (χ2n) is 4.53. The van der Waals surface area contributed by atoms with E-state index < -0.39 is 9.05 Å². The first kappa shape index (κ1) is 10.7. The molecule has 2 fully saturated rings. The SMILES string of the molecule is O=S(=O)(Cl)CC1CC2CCCC(C1)N2. The van der Waals surface area contributed by atoms with Crippen molar-refractivity contribution in [3.05, 3.63) is 0 Å². The van der Waals surface area contributed by atoms with Crippen LogP contribution < -0.4 is 5.32 Å². The zero-order chi connectivity index (χ0) is 10.2. The van der Waals surface area contributed by atoms with Gasteiger partial charge in [-0.05, 0) is 31.6 Å². The highest BCUT2D eigenvalue weighted by Gasteiger charge is 2.32. The van der Waals surface area contributed by atoms with Gasteiger partial charge in [0, 0.05) is 22.8 Å². The minimum absolute atomic E-state index is 0.156. The van der Waals surface area contributed by atoms with Gasteiger partial charge >= 0.3 is 0 Å². The van der Waals surface area contributed by atoms with Gasteiger partial charge in [-0.1, -0.05) is 6.42 Å². The first-order valence-corrected chi connectivity index (χ1v) is 7.69. The molecular weight excluding hydrogens is 222 g/mol. The van der Waals surface area contributed by atoms with Crippen LogP contribution in [0.2, 0.25) is 0 Å². The van der Waals surface area contributed by atoms with Crippen LogP contribution in [0.25, 0.3) is 0 Å². The maximum Gasteiger partial charge on any atom is 0.232 e. The average molecular weight is 238 g/mol. The normalized spacial score (nSPS) is 38.2. The lowest BCUT2D eigenvalue weighted by atomic mass is 9.81. The fourth-order valence-electron chi connectivity index (χ4n) is 2.80. The summed E-state index contributed by atoms with van der Waals surface area (Å²) in [6, 6.07) is 1.07. The number of hydrogen-bond donors (Lipinski definition) is 1. The van der Waals surface area contributed by atoms with Crippen LogP contribution in [-0.4, -0.2) is 26.3 Å². The Labute approximate surface area is 89.6 Å². The van der Waals surface area contributed by atoms with Gasteiger partial charge in [0.2, 0.25) is 9.05 Å². The van der Waals surface area contributed by atoms with Gasteiger partial charge in [-0.15, -0.1) is 0 Å². The molecule has 0 aliphatic carbocycles. The highest BCUT2D eigenvalue weighted by atomic mass is 35.7. The van der Waals surface area contributed by atoms with Crippen molar-refractivity contribution in [2.24, 2.45) is 5.92 Å². The molecule has 2 heterocycles. The molecular formula is C9H16ClNO2S. The quantitative estimate of drug-likeness (QED) is 0.740. The standard InChI is InChI=1S/C9H16ClNO2S/c10-14(12,13)6-7-4-8-2-1-3-9(5-7)11-8/h7-9,11H,1-6H2. The molecule has 2 unspecified atom stereocenters. The van der Waals surface area contributed by atoms with Gasteiger partial charge in [0.1, 0.15) is 0 Å². The number of hydrogen-bond acceptors (Lipinski definition) is 3. The van der Waals surface area contributed by atoms with Crippen molar-refractivity contribution in [3.63, 3.8) is 0 Å². The number of piperidine rings is 2. The van der Waals surface area contributed by atoms with Gasteiger partial charge in [-0.2, -0.15) is 0 Å². The first-order valence-electron chi connectivity index (χ1n) is 5.21. The monoisotopic (exact) mass is 237 g/mol. The molecule has 1 N–H and O–H groups in total. The van der Waals surface area contributed by atoms with Crippen molar-refractivity contribution in [1.29, 1.82) is 0 Å². The minimum Gasteiger partial charge on any atom is -0.311 e. The van der Waals surface area contributed by atoms with Crippen molar-refractivity contribution in [3.8, 4) is 0 Å². The summed E-state index contributed by atoms with van der Waals surface area (Å²) in [5.74, 6) is 0.428. The van der Waals surface area contributed by atoms with E-state index in [1.807, 2.05) is 0 Å². The van der Waals surface area contributed by atoms with Crippen molar-refractivity contribution >= 4 is 19.7 Å². The summed E-state index contributed by atoms with van der Waals surface area (Å²) >= 11 is 0. The Morgan fingerprint density at radius 3 is 2.29 bits per heavy atom. The van der Waals surface area contributed by atoms with E-state index in [0.29, 0.717) is 12.1 Å². The van der Waals surface area contributed by atoms with Gasteiger partial charge in [-0.25, -0.2) is 8.42 Å². The van der Waals surface area contributed by atoms with Crippen molar-refractivity contribution in [2.75, 3.05) is 5.75 Å². The summed E-state index contributed by atoms with van der Waals surface area (Å²) < 4.78 is 21.9. The fraction of sp³-hybridized carbons (Fsp3) is 1.00. The molecule has 0 radical (unpaired) electrons. The molecule has 2 saturated heterocycles. The molecule has 2 aliphatic rings. The average Bonchev–Trinajstić information content (AvgIpc) is 1.99. The highest BCUT2D eigenvalue weighted by Crippen LogP contribution is 2.30. The summed E-state index contributed by atoms with van der Waals surface area (Å²) in [6.07, 6.45) is 5.61. The van der Waals surface area contributed by atoms with E-state index in [4.69, 9.17) is 10.7 Å². The van der Waals surface area contributed by atoms with Crippen LogP contribution in [0.5, 0.6) is 0 Å². The van der Waals surface area contributed by atoms with Crippen molar-refractivity contribution in [1.82, 2.24) is 5.32 Å². The van der Waals surface area contributed by atoms with Gasteiger partial charge in [-0.3, -0.25) is 0 Å². The lowest BCUT2D eigenvalue weighted by molar-refractivity contribution is 0.197. The lowest BCUT2D eigenvalue weighted by Crippen LogP contribution is -2.49. The predicted molar refractivity (Wildman–Crippen MR) is 56.9 cm³/mol. The van der Waals surface area contributed by atoms with E-state index >= 15 is 0 Å². The van der Waals surface area contributed by atoms with Crippen molar-refractivity contribution < 1.29 is 8.42 Å². The van der Waals surface area contributed by atoms with Crippen LogP contribution in [0.15, 0.2) is 0 Å². The zero-order valence-electron chi connectivity index (χ0n) is 8.08. The summed E-state index contributed by atoms with van der Waals surface area (Å²) in [6.45, 7) is 0. The number of halogens is 1. The van der Waals surface area contributed by atoms with E-state index in [0.717, 1.165) is 12.8 Å². The molecule has 2 rings (SSSR count). The van der Waals surface area contributed by atoms with Gasteiger partial charge < -0.3 is 5.32 Å². The molecule has 0 spiro atoms. The van der Waals surface area contributed by atoms with E-state index in [2.05, 4.69) is 5.32 Å². The second kappa shape index (κ2) is 3.99. The lowest BCUT2D eigenvalue weighted by Gasteiger charge is -2.40. The van der Waals surface area contributed by atoms with Crippen LogP contribution in [0.1, 0.15) is 32.1 Å². The molecule has 5 heteroatoms. The molecule has 0 aromatic heterocycles. The minimum atomic E-state index is -3.31. The topological polar surface area (TPSA) is 46.2 Å². The summed E-state index contributed by atoms with van der Waals surface area (Å²) in [5.41, 5.74) is 0. The Kier molecular flexibility index (Phi) is 3.05. The maximum absolute atomic E-state index is 11.0. The molecule has 3 nitrogen and oxygen atoms in total. The molecule has 2 aliphatic heterocycles. The number of rotatable bonds is 2. The summed E-state index contributed by atoms with van der Waals surface area (Å²) in [7, 11) is 1.96. The van der Waals surface area contributed by atoms with E-state index in [-0.39, 0.29) is 11.7 Å². The van der Waals surface area contributed by atoms with Gasteiger partial charge in [0.05, 0.1) is 5.75 Å². The van der Waals surface area contributed by atoms with Gasteiger partial charge in [0.25, 0.3) is 0 Å². The van der Waals surface area contributed by atoms with E-state index in [1.165, 1.54) is 19.3 Å². The first-order chi connectivity index (χ1) is 6.53. The Morgan fingerprint density at radius 2 is 1.79 bits per heavy atom. The number of nitrogens with one attached hydrogen (secondary N) is 1. The van der Waals surface area contributed by atoms with E-state index in [1.54, 1.807) is 0 Å². The molecule has 82 valence electrons. The molecule has 2 atom stereocenters. The molecule has 0 amide bonds. The molecule has 0 aromatic carbocycles. The van der Waals surface area contributed by atoms with Crippen LogP contribution in [-0.2, 0) is 9.05 Å². The van der Waals surface area contributed by atoms with Crippen LogP contribution >= 0.6 is 10.7 Å². The Balaban J connectivity index is 1.96. The third-order valence-corrected chi connectivity index (χ3v) is 4.49. The molecule has 14 heavy (non-hydrogen) atoms.